The zero-order chi connectivity index (χ0) is 19.0. The molecule has 4 nitrogen and oxygen atoms in total. The third kappa shape index (κ3) is 3.29. The van der Waals surface area contributed by atoms with Crippen molar-refractivity contribution < 1.29 is 4.79 Å². The van der Waals surface area contributed by atoms with Gasteiger partial charge in [-0.25, -0.2) is 0 Å². The zero-order valence-corrected chi connectivity index (χ0v) is 15.9. The average Bonchev–Trinajstić information content (AvgIpc) is 3.25. The molecule has 0 spiro atoms. The Balaban J connectivity index is 1.70. The number of hydrogen-bond acceptors (Lipinski definition) is 2. The van der Waals surface area contributed by atoms with Crippen LogP contribution in [0.25, 0.3) is 11.8 Å². The first-order valence-corrected chi connectivity index (χ1v) is 9.10. The molecule has 2 aromatic carbocycles. The highest BCUT2D eigenvalue weighted by Gasteiger charge is 2.29. The smallest absolute Gasteiger partial charge is 0.280 e. The average molecular weight is 396 g/mol. The Morgan fingerprint density at radius 2 is 1.70 bits per heavy atom. The van der Waals surface area contributed by atoms with E-state index in [1.54, 1.807) is 18.2 Å². The molecule has 0 saturated heterocycles. The quantitative estimate of drug-likeness (QED) is 0.532. The molecule has 1 aliphatic heterocycles. The lowest BCUT2D eigenvalue weighted by molar-refractivity contribution is -0.114. The highest BCUT2D eigenvalue weighted by molar-refractivity contribution is 6.42. The minimum atomic E-state index is -0.202. The molecular weight excluding hydrogens is 381 g/mol. The topological polar surface area (TPSA) is 37.6 Å². The van der Waals surface area contributed by atoms with Gasteiger partial charge in [-0.05, 0) is 55.5 Å². The van der Waals surface area contributed by atoms with Crippen molar-refractivity contribution in [2.24, 2.45) is 5.10 Å². The number of halogens is 2. The van der Waals surface area contributed by atoms with Crippen LogP contribution < -0.4 is 5.01 Å². The molecule has 4 rings (SSSR count). The molecule has 3 aromatic rings. The summed E-state index contributed by atoms with van der Waals surface area (Å²) in [6.45, 7) is 1.82. The van der Waals surface area contributed by atoms with E-state index >= 15 is 0 Å². The number of amides is 1. The van der Waals surface area contributed by atoms with Gasteiger partial charge < -0.3 is 4.57 Å². The molecule has 0 saturated carbocycles. The standard InChI is InChI=1S/C21H15Cl2N3O/c1-14-18(12-16-8-5-11-25(16)15-6-3-2-4-7-15)21(27)26(24-14)17-9-10-19(22)20(23)13-17/h2-13H,1H3. The van der Waals surface area contributed by atoms with Gasteiger partial charge in [0.25, 0.3) is 5.91 Å². The summed E-state index contributed by atoms with van der Waals surface area (Å²) >= 11 is 12.0. The number of rotatable bonds is 3. The van der Waals surface area contributed by atoms with Crippen LogP contribution in [0.3, 0.4) is 0 Å². The van der Waals surface area contributed by atoms with E-state index in [2.05, 4.69) is 5.10 Å². The molecule has 2 heterocycles. The Morgan fingerprint density at radius 1 is 0.926 bits per heavy atom. The van der Waals surface area contributed by atoms with Gasteiger partial charge in [0.15, 0.2) is 0 Å². The lowest BCUT2D eigenvalue weighted by Crippen LogP contribution is -2.21. The maximum Gasteiger partial charge on any atom is 0.280 e. The van der Waals surface area contributed by atoms with E-state index in [0.717, 1.165) is 11.4 Å². The van der Waals surface area contributed by atoms with Gasteiger partial charge >= 0.3 is 0 Å². The van der Waals surface area contributed by atoms with Crippen molar-refractivity contribution in [1.29, 1.82) is 0 Å². The summed E-state index contributed by atoms with van der Waals surface area (Å²) in [5, 5.41) is 6.56. The van der Waals surface area contributed by atoms with Gasteiger partial charge in [0.05, 0.1) is 27.0 Å². The fourth-order valence-electron chi connectivity index (χ4n) is 2.96. The van der Waals surface area contributed by atoms with Gasteiger partial charge in [-0.3, -0.25) is 4.79 Å². The summed E-state index contributed by atoms with van der Waals surface area (Å²) in [6.07, 6.45) is 3.82. The number of anilines is 1. The van der Waals surface area contributed by atoms with Crippen LogP contribution in [0, 0.1) is 0 Å². The fraction of sp³-hybridized carbons (Fsp3) is 0.0476. The lowest BCUT2D eigenvalue weighted by atomic mass is 10.1. The molecule has 134 valence electrons. The van der Waals surface area contributed by atoms with Gasteiger partial charge in [-0.2, -0.15) is 10.1 Å². The fourth-order valence-corrected chi connectivity index (χ4v) is 3.25. The number of para-hydroxylation sites is 1. The summed E-state index contributed by atoms with van der Waals surface area (Å²) < 4.78 is 2.02. The highest BCUT2D eigenvalue weighted by atomic mass is 35.5. The van der Waals surface area contributed by atoms with Crippen LogP contribution in [0.4, 0.5) is 5.69 Å². The molecule has 0 radical (unpaired) electrons. The van der Waals surface area contributed by atoms with E-state index < -0.39 is 0 Å². The van der Waals surface area contributed by atoms with Gasteiger partial charge in [0.2, 0.25) is 0 Å². The first-order valence-electron chi connectivity index (χ1n) is 8.34. The number of carbonyl (C=O) groups is 1. The Labute approximate surface area is 166 Å². The number of carbonyl (C=O) groups excluding carboxylic acids is 1. The van der Waals surface area contributed by atoms with Crippen molar-refractivity contribution in [3.05, 3.63) is 88.2 Å². The monoisotopic (exact) mass is 395 g/mol. The number of hydrogen-bond donors (Lipinski definition) is 0. The molecule has 0 fully saturated rings. The molecular formula is C21H15Cl2N3O. The Morgan fingerprint density at radius 3 is 2.44 bits per heavy atom. The molecule has 1 amide bonds. The van der Waals surface area contributed by atoms with Crippen LogP contribution in [0.1, 0.15) is 12.6 Å². The first-order chi connectivity index (χ1) is 13.0. The molecule has 27 heavy (non-hydrogen) atoms. The second-order valence-electron chi connectivity index (χ2n) is 6.10. The van der Waals surface area contributed by atoms with Gasteiger partial charge in [0.1, 0.15) is 0 Å². The zero-order valence-electron chi connectivity index (χ0n) is 14.4. The van der Waals surface area contributed by atoms with Crippen molar-refractivity contribution >= 4 is 46.6 Å². The van der Waals surface area contributed by atoms with Crippen molar-refractivity contribution in [2.45, 2.75) is 6.92 Å². The van der Waals surface area contributed by atoms with E-state index in [1.165, 1.54) is 5.01 Å². The Bertz CT molecular complexity index is 1080. The summed E-state index contributed by atoms with van der Waals surface area (Å²) in [5.41, 5.74) is 3.69. The molecule has 6 heteroatoms. The number of hydrazone groups is 1. The van der Waals surface area contributed by atoms with Gasteiger partial charge in [0, 0.05) is 17.6 Å². The maximum atomic E-state index is 12.9. The van der Waals surface area contributed by atoms with Crippen molar-refractivity contribution in [2.75, 3.05) is 5.01 Å². The summed E-state index contributed by atoms with van der Waals surface area (Å²) in [7, 11) is 0. The van der Waals surface area contributed by atoms with Crippen LogP contribution >= 0.6 is 23.2 Å². The van der Waals surface area contributed by atoms with Crippen LogP contribution in [0.2, 0.25) is 10.0 Å². The number of aromatic nitrogens is 1. The minimum absolute atomic E-state index is 0.202. The second kappa shape index (κ2) is 7.06. The van der Waals surface area contributed by atoms with Crippen LogP contribution in [0.5, 0.6) is 0 Å². The van der Waals surface area contributed by atoms with Gasteiger partial charge in [-0.15, -0.1) is 0 Å². The van der Waals surface area contributed by atoms with E-state index in [9.17, 15) is 4.79 Å². The summed E-state index contributed by atoms with van der Waals surface area (Å²) in [4.78, 5) is 12.9. The normalized spacial score (nSPS) is 15.5. The Kier molecular flexibility index (Phi) is 4.60. The maximum absolute atomic E-state index is 12.9. The van der Waals surface area contributed by atoms with Crippen LogP contribution in [-0.4, -0.2) is 16.2 Å². The SMILES string of the molecule is CC1=NN(c2ccc(Cl)c(Cl)c2)C(=O)C1=Cc1cccn1-c1ccccc1. The molecule has 0 atom stereocenters. The summed E-state index contributed by atoms with van der Waals surface area (Å²) in [5.74, 6) is -0.202. The van der Waals surface area contributed by atoms with E-state index in [1.807, 2.05) is 66.2 Å². The molecule has 1 aromatic heterocycles. The highest BCUT2D eigenvalue weighted by Crippen LogP contribution is 2.31. The summed E-state index contributed by atoms with van der Waals surface area (Å²) in [6, 6.07) is 18.9. The minimum Gasteiger partial charge on any atom is -0.317 e. The van der Waals surface area contributed by atoms with Crippen molar-refractivity contribution in [3.63, 3.8) is 0 Å². The number of benzene rings is 2. The Hall–Kier alpha value is -2.82. The molecule has 0 unspecified atom stereocenters. The van der Waals surface area contributed by atoms with Crippen LogP contribution in [0.15, 0.2) is 77.5 Å². The molecule has 0 bridgehead atoms. The van der Waals surface area contributed by atoms with E-state index in [-0.39, 0.29) is 5.91 Å². The molecule has 0 aliphatic carbocycles. The van der Waals surface area contributed by atoms with Gasteiger partial charge in [-0.1, -0.05) is 41.4 Å². The van der Waals surface area contributed by atoms with Crippen LogP contribution in [-0.2, 0) is 4.79 Å². The van der Waals surface area contributed by atoms with E-state index in [4.69, 9.17) is 23.2 Å². The number of nitrogens with zero attached hydrogens (tertiary/aromatic N) is 3. The third-order valence-corrected chi connectivity index (χ3v) is 5.06. The van der Waals surface area contributed by atoms with Crippen molar-refractivity contribution in [3.8, 4) is 5.69 Å². The molecule has 1 aliphatic rings. The van der Waals surface area contributed by atoms with E-state index in [0.29, 0.717) is 27.0 Å². The predicted molar refractivity (Wildman–Crippen MR) is 111 cm³/mol. The first kappa shape index (κ1) is 17.6. The lowest BCUT2D eigenvalue weighted by Gasteiger charge is -2.12. The predicted octanol–water partition coefficient (Wildman–Crippen LogP) is 5.59. The molecule has 0 N–H and O–H groups in total. The third-order valence-electron chi connectivity index (χ3n) is 4.32. The largest absolute Gasteiger partial charge is 0.317 e. The van der Waals surface area contributed by atoms with Crippen molar-refractivity contribution in [1.82, 2.24) is 4.57 Å². The second-order valence-corrected chi connectivity index (χ2v) is 6.91.